The van der Waals surface area contributed by atoms with Gasteiger partial charge in [-0.15, -0.1) is 0 Å². The topological polar surface area (TPSA) is 21.3 Å². The Bertz CT molecular complexity index is 186. The van der Waals surface area contributed by atoms with Crippen LogP contribution >= 0.6 is 0 Å². The molecule has 0 aromatic heterocycles. The quantitative estimate of drug-likeness (QED) is 0.620. The summed E-state index contributed by atoms with van der Waals surface area (Å²) in [5.74, 6) is 0.861. The molecule has 0 saturated heterocycles. The van der Waals surface area contributed by atoms with Crippen molar-refractivity contribution < 1.29 is 4.74 Å². The Morgan fingerprint density at radius 1 is 1.45 bits per heavy atom. The van der Waals surface area contributed by atoms with Gasteiger partial charge in [-0.05, 0) is 26.8 Å². The zero-order valence-corrected chi connectivity index (χ0v) is 7.35. The van der Waals surface area contributed by atoms with E-state index in [9.17, 15) is 0 Å². The molecule has 0 bridgehead atoms. The summed E-state index contributed by atoms with van der Waals surface area (Å²) in [6.07, 6.45) is 5.99. The van der Waals surface area contributed by atoms with Gasteiger partial charge in [0.15, 0.2) is 5.88 Å². The number of rotatable bonds is 1. The summed E-state index contributed by atoms with van der Waals surface area (Å²) in [6.45, 7) is 6.97. The smallest absolute Gasteiger partial charge is 0.187 e. The highest BCUT2D eigenvalue weighted by Gasteiger charge is 2.13. The molecule has 1 N–H and O–H groups in total. The Kier molecular flexibility index (Phi) is 2.22. The average Bonchev–Trinajstić information content (AvgIpc) is 1.85. The van der Waals surface area contributed by atoms with Crippen LogP contribution in [0.1, 0.15) is 20.8 Å². The highest BCUT2D eigenvalue weighted by atomic mass is 16.5. The minimum absolute atomic E-state index is 0.107. The number of allylic oxidation sites excluding steroid dienone is 2. The summed E-state index contributed by atoms with van der Waals surface area (Å²) in [5.41, 5.74) is -0.107. The summed E-state index contributed by atoms with van der Waals surface area (Å²) in [4.78, 5) is 0. The van der Waals surface area contributed by atoms with E-state index in [2.05, 4.69) is 11.4 Å². The fourth-order valence-corrected chi connectivity index (χ4v) is 0.842. The van der Waals surface area contributed by atoms with Crippen LogP contribution in [0.25, 0.3) is 0 Å². The first-order valence-electron chi connectivity index (χ1n) is 3.88. The van der Waals surface area contributed by atoms with Crippen LogP contribution in [0, 0.1) is 0 Å². The third-order valence-electron chi connectivity index (χ3n) is 1.19. The minimum Gasteiger partial charge on any atom is -0.474 e. The van der Waals surface area contributed by atoms with Gasteiger partial charge in [0.25, 0.3) is 0 Å². The molecular weight excluding hydrogens is 138 g/mol. The van der Waals surface area contributed by atoms with Crippen molar-refractivity contribution in [2.45, 2.75) is 26.4 Å². The summed E-state index contributed by atoms with van der Waals surface area (Å²) in [7, 11) is 0. The lowest BCUT2D eigenvalue weighted by molar-refractivity contribution is 0.0410. The van der Waals surface area contributed by atoms with Gasteiger partial charge >= 0.3 is 0 Å². The van der Waals surface area contributed by atoms with E-state index in [1.54, 1.807) is 0 Å². The zero-order valence-electron chi connectivity index (χ0n) is 7.35. The molecule has 2 heteroatoms. The van der Waals surface area contributed by atoms with E-state index in [0.717, 1.165) is 12.4 Å². The van der Waals surface area contributed by atoms with Gasteiger partial charge in [-0.1, -0.05) is 12.2 Å². The van der Waals surface area contributed by atoms with Crippen LogP contribution in [0.4, 0.5) is 0 Å². The number of dihydropyridines is 1. The molecule has 1 aliphatic heterocycles. The molecule has 0 unspecified atom stereocenters. The zero-order chi connectivity index (χ0) is 8.32. The molecule has 0 aromatic rings. The molecule has 0 amide bonds. The Hall–Kier alpha value is -0.920. The van der Waals surface area contributed by atoms with Gasteiger partial charge in [-0.25, -0.2) is 0 Å². The van der Waals surface area contributed by atoms with Gasteiger partial charge in [-0.2, -0.15) is 0 Å². The number of ether oxygens (including phenoxy) is 1. The second-order valence-electron chi connectivity index (χ2n) is 3.55. The van der Waals surface area contributed by atoms with Crippen LogP contribution in [0.5, 0.6) is 0 Å². The minimum atomic E-state index is -0.107. The first-order valence-corrected chi connectivity index (χ1v) is 3.88. The van der Waals surface area contributed by atoms with Gasteiger partial charge in [0, 0.05) is 6.54 Å². The number of nitrogens with one attached hydrogen (secondary N) is 1. The largest absolute Gasteiger partial charge is 0.474 e. The van der Waals surface area contributed by atoms with Crippen molar-refractivity contribution >= 4 is 0 Å². The molecule has 0 aliphatic carbocycles. The lowest BCUT2D eigenvalue weighted by Gasteiger charge is -2.24. The van der Waals surface area contributed by atoms with Crippen molar-refractivity contribution in [2.75, 3.05) is 6.54 Å². The van der Waals surface area contributed by atoms with E-state index in [0.29, 0.717) is 0 Å². The molecule has 1 rings (SSSR count). The molecule has 1 aliphatic rings. The van der Waals surface area contributed by atoms with Crippen molar-refractivity contribution in [3.05, 3.63) is 24.1 Å². The lowest BCUT2D eigenvalue weighted by Crippen LogP contribution is -2.26. The van der Waals surface area contributed by atoms with Gasteiger partial charge in [0.05, 0.1) is 0 Å². The maximum atomic E-state index is 5.58. The van der Waals surface area contributed by atoms with Crippen molar-refractivity contribution in [1.29, 1.82) is 0 Å². The molecule has 1 heterocycles. The highest BCUT2D eigenvalue weighted by Crippen LogP contribution is 2.12. The molecule has 0 atom stereocenters. The van der Waals surface area contributed by atoms with Crippen LogP contribution in [0.15, 0.2) is 24.1 Å². The highest BCUT2D eigenvalue weighted by molar-refractivity contribution is 5.12. The second kappa shape index (κ2) is 2.99. The van der Waals surface area contributed by atoms with E-state index >= 15 is 0 Å². The van der Waals surface area contributed by atoms with Crippen molar-refractivity contribution in [3.63, 3.8) is 0 Å². The van der Waals surface area contributed by atoms with Crippen molar-refractivity contribution in [1.82, 2.24) is 5.32 Å². The molecule has 2 nitrogen and oxygen atoms in total. The maximum Gasteiger partial charge on any atom is 0.187 e. The standard InChI is InChI=1S/C9H15NO/c1-9(2,3)11-8-6-4-5-7-10-8/h4-6,10H,7H2,1-3H3. The second-order valence-corrected chi connectivity index (χ2v) is 3.55. The average molecular weight is 153 g/mol. The first kappa shape index (κ1) is 8.18. The SMILES string of the molecule is CC(C)(C)OC1=CC=CCN1. The maximum absolute atomic E-state index is 5.58. The van der Waals surface area contributed by atoms with Crippen LogP contribution in [-0.4, -0.2) is 12.1 Å². The van der Waals surface area contributed by atoms with Crippen molar-refractivity contribution in [3.8, 4) is 0 Å². The predicted molar refractivity (Wildman–Crippen MR) is 46.1 cm³/mol. The van der Waals surface area contributed by atoms with Crippen LogP contribution in [-0.2, 0) is 4.74 Å². The summed E-state index contributed by atoms with van der Waals surface area (Å²) < 4.78 is 5.58. The van der Waals surface area contributed by atoms with Gasteiger partial charge in [0.2, 0.25) is 0 Å². The fourth-order valence-electron chi connectivity index (χ4n) is 0.842. The van der Waals surface area contributed by atoms with Crippen LogP contribution in [0.3, 0.4) is 0 Å². The Balaban J connectivity index is 2.49. The normalized spacial score (nSPS) is 17.2. The van der Waals surface area contributed by atoms with Crippen LogP contribution < -0.4 is 5.32 Å². The van der Waals surface area contributed by atoms with E-state index in [1.165, 1.54) is 0 Å². The summed E-state index contributed by atoms with van der Waals surface area (Å²) in [6, 6.07) is 0. The molecule has 0 spiro atoms. The van der Waals surface area contributed by atoms with Gasteiger partial charge < -0.3 is 10.1 Å². The lowest BCUT2D eigenvalue weighted by atomic mass is 10.2. The summed E-state index contributed by atoms with van der Waals surface area (Å²) >= 11 is 0. The predicted octanol–water partition coefficient (Wildman–Crippen LogP) is 1.80. The van der Waals surface area contributed by atoms with Gasteiger partial charge in [0.1, 0.15) is 5.60 Å². The molecule has 0 fully saturated rings. The van der Waals surface area contributed by atoms with E-state index in [-0.39, 0.29) is 5.60 Å². The molecule has 11 heavy (non-hydrogen) atoms. The van der Waals surface area contributed by atoms with Crippen molar-refractivity contribution in [2.24, 2.45) is 0 Å². The number of hydrogen-bond donors (Lipinski definition) is 1. The van der Waals surface area contributed by atoms with Crippen LogP contribution in [0.2, 0.25) is 0 Å². The molecule has 62 valence electrons. The third kappa shape index (κ3) is 3.12. The fraction of sp³-hybridized carbons (Fsp3) is 0.556. The first-order chi connectivity index (χ1) is 5.08. The van der Waals surface area contributed by atoms with E-state index < -0.39 is 0 Å². The number of hydrogen-bond acceptors (Lipinski definition) is 2. The summed E-state index contributed by atoms with van der Waals surface area (Å²) in [5, 5.41) is 3.13. The Morgan fingerprint density at radius 2 is 2.18 bits per heavy atom. The molecular formula is C9H15NO. The van der Waals surface area contributed by atoms with E-state index in [4.69, 9.17) is 4.74 Å². The Morgan fingerprint density at radius 3 is 2.64 bits per heavy atom. The van der Waals surface area contributed by atoms with E-state index in [1.807, 2.05) is 32.9 Å². The monoisotopic (exact) mass is 153 g/mol. The molecule has 0 radical (unpaired) electrons. The Labute approximate surface area is 67.9 Å². The van der Waals surface area contributed by atoms with Gasteiger partial charge in [-0.3, -0.25) is 0 Å². The molecule has 0 aromatic carbocycles. The molecule has 0 saturated carbocycles. The third-order valence-corrected chi connectivity index (χ3v) is 1.19.